The summed E-state index contributed by atoms with van der Waals surface area (Å²) in [6, 6.07) is 16.3. The van der Waals surface area contributed by atoms with Crippen LogP contribution in [0.25, 0.3) is 0 Å². The molecule has 1 aromatic heterocycles. The van der Waals surface area contributed by atoms with Crippen LogP contribution in [0.4, 0.5) is 5.69 Å². The first-order valence-electron chi connectivity index (χ1n) is 7.97. The summed E-state index contributed by atoms with van der Waals surface area (Å²) in [5, 5.41) is 8.88. The number of aliphatic imine (C=N–C) groups is 1. The van der Waals surface area contributed by atoms with Crippen LogP contribution in [-0.2, 0) is 6.61 Å². The Bertz CT molecular complexity index is 963. The first-order valence-corrected chi connectivity index (χ1v) is 9.05. The van der Waals surface area contributed by atoms with E-state index in [1.165, 1.54) is 6.07 Å². The molecule has 3 aromatic rings. The van der Waals surface area contributed by atoms with E-state index >= 15 is 0 Å². The van der Waals surface area contributed by atoms with Crippen molar-refractivity contribution in [2.75, 3.05) is 7.11 Å². The molecule has 2 aromatic carbocycles. The lowest BCUT2D eigenvalue weighted by atomic mass is 10.2. The Labute approximate surface area is 169 Å². The number of rotatable bonds is 7. The lowest BCUT2D eigenvalue weighted by molar-refractivity contribution is 0.0658. The van der Waals surface area contributed by atoms with Crippen molar-refractivity contribution in [1.82, 2.24) is 0 Å². The number of hydrogen-bond acceptors (Lipinski definition) is 5. The highest BCUT2D eigenvalue weighted by Gasteiger charge is 2.11. The van der Waals surface area contributed by atoms with Gasteiger partial charge in [-0.3, -0.25) is 4.99 Å². The van der Waals surface area contributed by atoms with Crippen molar-refractivity contribution >= 4 is 40.5 Å². The van der Waals surface area contributed by atoms with Gasteiger partial charge >= 0.3 is 5.97 Å². The van der Waals surface area contributed by atoms with Gasteiger partial charge in [-0.05, 0) is 82.8 Å². The van der Waals surface area contributed by atoms with Crippen LogP contribution < -0.4 is 9.47 Å². The molecule has 27 heavy (non-hydrogen) atoms. The predicted octanol–water partition coefficient (Wildman–Crippen LogP) is 4.92. The average molecular weight is 477 g/mol. The molecule has 0 saturated carbocycles. The predicted molar refractivity (Wildman–Crippen MR) is 109 cm³/mol. The smallest absolute Gasteiger partial charge is 0.371 e. The van der Waals surface area contributed by atoms with E-state index in [4.69, 9.17) is 19.0 Å². The van der Waals surface area contributed by atoms with Crippen molar-refractivity contribution < 1.29 is 23.8 Å². The second-order valence-corrected chi connectivity index (χ2v) is 6.75. The van der Waals surface area contributed by atoms with E-state index in [2.05, 4.69) is 27.6 Å². The molecule has 0 bridgehead atoms. The Morgan fingerprint density at radius 1 is 1.15 bits per heavy atom. The third-order valence-electron chi connectivity index (χ3n) is 3.62. The maximum atomic E-state index is 10.8. The fraction of sp³-hybridized carbons (Fsp3) is 0.100. The van der Waals surface area contributed by atoms with Crippen molar-refractivity contribution in [3.63, 3.8) is 0 Å². The molecule has 0 amide bonds. The van der Waals surface area contributed by atoms with E-state index in [0.717, 1.165) is 14.8 Å². The molecule has 0 saturated heterocycles. The highest BCUT2D eigenvalue weighted by molar-refractivity contribution is 14.1. The van der Waals surface area contributed by atoms with Gasteiger partial charge in [-0.2, -0.15) is 0 Å². The van der Waals surface area contributed by atoms with Gasteiger partial charge in [0.25, 0.3) is 0 Å². The molecule has 1 N–H and O–H groups in total. The molecular formula is C20H16INO5. The second-order valence-electron chi connectivity index (χ2n) is 5.50. The molecule has 138 valence electrons. The number of nitrogens with zero attached hydrogens (tertiary/aromatic N) is 1. The van der Waals surface area contributed by atoms with E-state index in [1.807, 2.05) is 36.4 Å². The van der Waals surface area contributed by atoms with E-state index in [9.17, 15) is 4.79 Å². The van der Waals surface area contributed by atoms with Gasteiger partial charge in [-0.25, -0.2) is 4.79 Å². The summed E-state index contributed by atoms with van der Waals surface area (Å²) in [7, 11) is 1.55. The highest BCUT2D eigenvalue weighted by Crippen LogP contribution is 2.29. The largest absolute Gasteiger partial charge is 0.493 e. The fourth-order valence-electron chi connectivity index (χ4n) is 2.28. The molecule has 0 unspecified atom stereocenters. The molecule has 7 heteroatoms. The third-order valence-corrected chi connectivity index (χ3v) is 4.34. The molecule has 0 spiro atoms. The summed E-state index contributed by atoms with van der Waals surface area (Å²) >= 11 is 2.25. The number of carboxylic acid groups (broad SMARTS) is 1. The number of carboxylic acids is 1. The van der Waals surface area contributed by atoms with Gasteiger partial charge in [0.2, 0.25) is 5.76 Å². The van der Waals surface area contributed by atoms with E-state index in [0.29, 0.717) is 17.3 Å². The standard InChI is InChI=1S/C20H16INO5/c1-25-19-10-13(11-22-15-5-3-14(21)4-6-15)2-8-17(19)26-12-16-7-9-18(27-16)20(23)24/h2-11H,12H2,1H3,(H,23,24). The van der Waals surface area contributed by atoms with Gasteiger partial charge in [0.15, 0.2) is 11.5 Å². The van der Waals surface area contributed by atoms with Crippen LogP contribution in [0.1, 0.15) is 21.9 Å². The number of aromatic carboxylic acids is 1. The average Bonchev–Trinajstić information content (AvgIpc) is 3.15. The van der Waals surface area contributed by atoms with E-state index in [1.54, 1.807) is 25.5 Å². The Kier molecular flexibility index (Phi) is 6.12. The maximum Gasteiger partial charge on any atom is 0.371 e. The van der Waals surface area contributed by atoms with E-state index < -0.39 is 5.97 Å². The summed E-state index contributed by atoms with van der Waals surface area (Å²) in [6.07, 6.45) is 1.75. The lowest BCUT2D eigenvalue weighted by Gasteiger charge is -2.10. The normalized spacial score (nSPS) is 10.9. The zero-order valence-electron chi connectivity index (χ0n) is 14.4. The minimum Gasteiger partial charge on any atom is -0.493 e. The van der Waals surface area contributed by atoms with Crippen LogP contribution in [0.3, 0.4) is 0 Å². The number of furan rings is 1. The van der Waals surface area contributed by atoms with Crippen LogP contribution in [0.5, 0.6) is 11.5 Å². The van der Waals surface area contributed by atoms with Gasteiger partial charge in [0, 0.05) is 9.78 Å². The summed E-state index contributed by atoms with van der Waals surface area (Å²) in [6.45, 7) is 0.0970. The molecular weight excluding hydrogens is 461 g/mol. The third kappa shape index (κ3) is 5.10. The van der Waals surface area contributed by atoms with Crippen LogP contribution >= 0.6 is 22.6 Å². The molecule has 0 aliphatic carbocycles. The first-order chi connectivity index (χ1) is 13.0. The molecule has 0 fully saturated rings. The van der Waals surface area contributed by atoms with E-state index in [-0.39, 0.29) is 12.4 Å². The summed E-state index contributed by atoms with van der Waals surface area (Å²) in [5.74, 6) is 0.251. The minimum atomic E-state index is -1.12. The highest BCUT2D eigenvalue weighted by atomic mass is 127. The summed E-state index contributed by atoms with van der Waals surface area (Å²) in [4.78, 5) is 15.3. The second kappa shape index (κ2) is 8.72. The van der Waals surface area contributed by atoms with Crippen molar-refractivity contribution in [1.29, 1.82) is 0 Å². The first kappa shape index (κ1) is 19.0. The number of methoxy groups -OCH3 is 1. The summed E-state index contributed by atoms with van der Waals surface area (Å²) < 4.78 is 17.4. The topological polar surface area (TPSA) is 81.3 Å². The Hall–Kier alpha value is -2.81. The van der Waals surface area contributed by atoms with Crippen LogP contribution in [0, 0.1) is 3.57 Å². The lowest BCUT2D eigenvalue weighted by Crippen LogP contribution is -1.98. The SMILES string of the molecule is COc1cc(C=Nc2ccc(I)cc2)ccc1OCc1ccc(C(=O)O)o1. The Morgan fingerprint density at radius 2 is 1.93 bits per heavy atom. The molecule has 0 radical (unpaired) electrons. The molecule has 6 nitrogen and oxygen atoms in total. The van der Waals surface area contributed by atoms with Crippen molar-refractivity contribution in [3.8, 4) is 11.5 Å². The Balaban J connectivity index is 1.69. The zero-order valence-corrected chi connectivity index (χ0v) is 16.5. The van der Waals surface area contributed by atoms with Gasteiger partial charge in [0.1, 0.15) is 12.4 Å². The fourth-order valence-corrected chi connectivity index (χ4v) is 2.64. The van der Waals surface area contributed by atoms with Crippen molar-refractivity contribution in [2.45, 2.75) is 6.61 Å². The molecule has 0 atom stereocenters. The number of ether oxygens (including phenoxy) is 2. The minimum absolute atomic E-state index is 0.0970. The maximum absolute atomic E-state index is 10.8. The van der Waals surface area contributed by atoms with Gasteiger partial charge < -0.3 is 19.0 Å². The molecule has 0 aliphatic heterocycles. The van der Waals surface area contributed by atoms with Crippen molar-refractivity contribution in [2.24, 2.45) is 4.99 Å². The van der Waals surface area contributed by atoms with Gasteiger partial charge in [-0.1, -0.05) is 0 Å². The molecule has 0 aliphatic rings. The van der Waals surface area contributed by atoms with Crippen molar-refractivity contribution in [3.05, 3.63) is 75.3 Å². The number of hydrogen-bond donors (Lipinski definition) is 1. The Morgan fingerprint density at radius 3 is 2.59 bits per heavy atom. The number of carbonyl (C=O) groups is 1. The summed E-state index contributed by atoms with van der Waals surface area (Å²) in [5.41, 5.74) is 1.73. The zero-order chi connectivity index (χ0) is 19.2. The number of benzene rings is 2. The number of halogens is 1. The van der Waals surface area contributed by atoms with Crippen LogP contribution in [-0.4, -0.2) is 24.4 Å². The molecule has 1 heterocycles. The quantitative estimate of drug-likeness (QED) is 0.386. The van der Waals surface area contributed by atoms with Crippen LogP contribution in [0.2, 0.25) is 0 Å². The van der Waals surface area contributed by atoms with Gasteiger partial charge in [0.05, 0.1) is 12.8 Å². The van der Waals surface area contributed by atoms with Crippen LogP contribution in [0.15, 0.2) is 64.0 Å². The van der Waals surface area contributed by atoms with Gasteiger partial charge in [-0.15, -0.1) is 0 Å². The monoisotopic (exact) mass is 477 g/mol. The molecule has 3 rings (SSSR count).